The highest BCUT2D eigenvalue weighted by Gasteiger charge is 2.27. The normalized spacial score (nSPS) is 21.2. The molecule has 0 bridgehead atoms. The molecule has 2 aliphatic heterocycles. The number of hydrogen-bond donors (Lipinski definition) is 1. The topological polar surface area (TPSA) is 53.0 Å². The van der Waals surface area contributed by atoms with Crippen LogP contribution in [0, 0.1) is 0 Å². The summed E-state index contributed by atoms with van der Waals surface area (Å²) in [5, 5.41) is 8.98. The van der Waals surface area contributed by atoms with Gasteiger partial charge in [0.2, 0.25) is 0 Å². The minimum atomic E-state index is -0.102. The van der Waals surface area contributed by atoms with E-state index in [1.165, 1.54) is 44.0 Å². The number of carbonyl (C=O) groups is 1. The van der Waals surface area contributed by atoms with Crippen molar-refractivity contribution in [3.63, 3.8) is 0 Å². The fourth-order valence-corrected chi connectivity index (χ4v) is 4.83. The Hall–Kier alpha value is -2.21. The third kappa shape index (κ3) is 7.73. The van der Waals surface area contributed by atoms with Crippen molar-refractivity contribution in [1.29, 1.82) is 0 Å². The summed E-state index contributed by atoms with van der Waals surface area (Å²) >= 11 is 0. The van der Waals surface area contributed by atoms with Crippen molar-refractivity contribution in [2.75, 3.05) is 26.8 Å². The SMILES string of the molecule is COC(=O)CC1CCCN1Cc1ccccc1.OCCC1CCCN1Cc1ccccc1. The minimum absolute atomic E-state index is 0.102. The molecule has 32 heavy (non-hydrogen) atoms. The third-order valence-corrected chi connectivity index (χ3v) is 6.55. The number of esters is 1. The Morgan fingerprint density at radius 2 is 1.38 bits per heavy atom. The van der Waals surface area contributed by atoms with Gasteiger partial charge in [0.25, 0.3) is 0 Å². The highest BCUT2D eigenvalue weighted by atomic mass is 16.5. The van der Waals surface area contributed by atoms with Gasteiger partial charge in [-0.15, -0.1) is 0 Å². The van der Waals surface area contributed by atoms with Gasteiger partial charge in [-0.05, 0) is 56.3 Å². The largest absolute Gasteiger partial charge is 0.469 e. The van der Waals surface area contributed by atoms with Crippen LogP contribution in [0.3, 0.4) is 0 Å². The predicted molar refractivity (Wildman–Crippen MR) is 128 cm³/mol. The van der Waals surface area contributed by atoms with E-state index in [4.69, 9.17) is 9.84 Å². The number of benzene rings is 2. The fourth-order valence-electron chi connectivity index (χ4n) is 4.83. The molecule has 0 saturated carbocycles. The van der Waals surface area contributed by atoms with E-state index in [0.717, 1.165) is 32.5 Å². The summed E-state index contributed by atoms with van der Waals surface area (Å²) in [4.78, 5) is 16.2. The Morgan fingerprint density at radius 1 is 0.875 bits per heavy atom. The van der Waals surface area contributed by atoms with E-state index in [9.17, 15) is 4.79 Å². The zero-order valence-corrected chi connectivity index (χ0v) is 19.4. The van der Waals surface area contributed by atoms with Gasteiger partial charge >= 0.3 is 5.97 Å². The van der Waals surface area contributed by atoms with Crippen LogP contribution in [0.25, 0.3) is 0 Å². The maximum absolute atomic E-state index is 11.3. The second kappa shape index (κ2) is 13.4. The first kappa shape index (κ1) is 24.4. The molecule has 0 aliphatic carbocycles. The van der Waals surface area contributed by atoms with Crippen LogP contribution < -0.4 is 0 Å². The molecule has 0 spiro atoms. The highest BCUT2D eigenvalue weighted by molar-refractivity contribution is 5.69. The number of likely N-dealkylation sites (tertiary alicyclic amines) is 2. The molecule has 4 rings (SSSR count). The number of methoxy groups -OCH3 is 1. The molecule has 174 valence electrons. The Labute approximate surface area is 193 Å². The van der Waals surface area contributed by atoms with Crippen LogP contribution in [0.2, 0.25) is 0 Å². The van der Waals surface area contributed by atoms with Crippen molar-refractivity contribution in [3.8, 4) is 0 Å². The van der Waals surface area contributed by atoms with Gasteiger partial charge in [-0.2, -0.15) is 0 Å². The second-order valence-electron chi connectivity index (χ2n) is 8.80. The highest BCUT2D eigenvalue weighted by Crippen LogP contribution is 2.23. The van der Waals surface area contributed by atoms with E-state index in [1.807, 2.05) is 6.07 Å². The van der Waals surface area contributed by atoms with Gasteiger partial charge in [-0.25, -0.2) is 0 Å². The lowest BCUT2D eigenvalue weighted by Crippen LogP contribution is -2.31. The van der Waals surface area contributed by atoms with Crippen LogP contribution in [0.5, 0.6) is 0 Å². The number of hydrogen-bond acceptors (Lipinski definition) is 5. The summed E-state index contributed by atoms with van der Waals surface area (Å²) in [6.45, 7) is 4.54. The van der Waals surface area contributed by atoms with Gasteiger partial charge < -0.3 is 9.84 Å². The van der Waals surface area contributed by atoms with Crippen molar-refractivity contribution >= 4 is 5.97 Å². The average Bonchev–Trinajstić information content (AvgIpc) is 3.45. The molecule has 2 aromatic carbocycles. The summed E-state index contributed by atoms with van der Waals surface area (Å²) < 4.78 is 4.75. The van der Waals surface area contributed by atoms with Gasteiger partial charge in [0, 0.05) is 31.8 Å². The molecule has 2 heterocycles. The molecular formula is C27H38N2O3. The first-order valence-electron chi connectivity index (χ1n) is 11.9. The maximum Gasteiger partial charge on any atom is 0.307 e. The van der Waals surface area contributed by atoms with Crippen molar-refractivity contribution < 1.29 is 14.6 Å². The maximum atomic E-state index is 11.3. The molecule has 2 aromatic rings. The molecule has 5 heteroatoms. The van der Waals surface area contributed by atoms with E-state index < -0.39 is 0 Å². The molecule has 0 amide bonds. The molecule has 2 saturated heterocycles. The number of rotatable bonds is 8. The molecule has 1 N–H and O–H groups in total. The second-order valence-corrected chi connectivity index (χ2v) is 8.80. The van der Waals surface area contributed by atoms with Crippen molar-refractivity contribution in [3.05, 3.63) is 71.8 Å². The summed E-state index contributed by atoms with van der Waals surface area (Å²) in [5.74, 6) is -0.102. The van der Waals surface area contributed by atoms with Gasteiger partial charge in [0.05, 0.1) is 13.5 Å². The van der Waals surface area contributed by atoms with E-state index in [0.29, 0.717) is 25.1 Å². The quantitative estimate of drug-likeness (QED) is 0.625. The van der Waals surface area contributed by atoms with Gasteiger partial charge in [-0.1, -0.05) is 60.7 Å². The lowest BCUT2D eigenvalue weighted by molar-refractivity contribution is -0.141. The van der Waals surface area contributed by atoms with Gasteiger partial charge in [0.1, 0.15) is 0 Å². The fraction of sp³-hybridized carbons (Fsp3) is 0.519. The summed E-state index contributed by atoms with van der Waals surface area (Å²) in [6.07, 6.45) is 6.23. The third-order valence-electron chi connectivity index (χ3n) is 6.55. The first-order chi connectivity index (χ1) is 15.7. The van der Waals surface area contributed by atoms with Crippen molar-refractivity contribution in [1.82, 2.24) is 9.80 Å². The lowest BCUT2D eigenvalue weighted by Gasteiger charge is -2.23. The smallest absolute Gasteiger partial charge is 0.307 e. The summed E-state index contributed by atoms with van der Waals surface area (Å²) in [6, 6.07) is 21.9. The van der Waals surface area contributed by atoms with Crippen LogP contribution in [0.4, 0.5) is 0 Å². The molecule has 2 aliphatic rings. The minimum Gasteiger partial charge on any atom is -0.469 e. The summed E-state index contributed by atoms with van der Waals surface area (Å²) in [5.41, 5.74) is 2.69. The number of ether oxygens (including phenoxy) is 1. The van der Waals surface area contributed by atoms with Gasteiger partial charge in [0.15, 0.2) is 0 Å². The zero-order chi connectivity index (χ0) is 22.6. The number of aliphatic hydroxyl groups excluding tert-OH is 1. The van der Waals surface area contributed by atoms with Crippen molar-refractivity contribution in [2.45, 2.75) is 63.7 Å². The first-order valence-corrected chi connectivity index (χ1v) is 11.9. The molecule has 2 fully saturated rings. The van der Waals surface area contributed by atoms with E-state index in [-0.39, 0.29) is 5.97 Å². The number of carbonyl (C=O) groups excluding carboxylic acids is 1. The lowest BCUT2D eigenvalue weighted by atomic mass is 10.1. The van der Waals surface area contributed by atoms with E-state index >= 15 is 0 Å². The Morgan fingerprint density at radius 3 is 1.88 bits per heavy atom. The molecule has 5 nitrogen and oxygen atoms in total. The van der Waals surface area contributed by atoms with Crippen LogP contribution >= 0.6 is 0 Å². The number of aliphatic hydroxyl groups is 1. The Kier molecular flexibility index (Phi) is 10.2. The zero-order valence-electron chi connectivity index (χ0n) is 19.4. The monoisotopic (exact) mass is 438 g/mol. The van der Waals surface area contributed by atoms with Crippen LogP contribution in [0.15, 0.2) is 60.7 Å². The van der Waals surface area contributed by atoms with Crippen molar-refractivity contribution in [2.24, 2.45) is 0 Å². The van der Waals surface area contributed by atoms with Crippen LogP contribution in [-0.4, -0.2) is 59.8 Å². The van der Waals surface area contributed by atoms with E-state index in [1.54, 1.807) is 0 Å². The molecule has 2 unspecified atom stereocenters. The predicted octanol–water partition coefficient (Wildman–Crippen LogP) is 4.25. The molecule has 0 aromatic heterocycles. The summed E-state index contributed by atoms with van der Waals surface area (Å²) in [7, 11) is 1.46. The van der Waals surface area contributed by atoms with Crippen LogP contribution in [-0.2, 0) is 22.6 Å². The molecular weight excluding hydrogens is 400 g/mol. The standard InChI is InChI=1S/C14H19NO2.C13H19NO/c1-17-14(16)10-13-8-5-9-15(13)11-12-6-3-2-4-7-12;15-10-8-13-7-4-9-14(13)11-12-5-2-1-3-6-12/h2-4,6-7,13H,5,8-11H2,1H3;1-3,5-6,13,15H,4,7-11H2. The van der Waals surface area contributed by atoms with Crippen LogP contribution in [0.1, 0.15) is 49.7 Å². The van der Waals surface area contributed by atoms with Gasteiger partial charge in [-0.3, -0.25) is 14.6 Å². The Balaban J connectivity index is 0.000000182. The molecule has 0 radical (unpaired) electrons. The molecule has 2 atom stereocenters. The average molecular weight is 439 g/mol. The number of nitrogens with zero attached hydrogens (tertiary/aromatic N) is 2. The Bertz CT molecular complexity index is 784. The van der Waals surface area contributed by atoms with E-state index in [2.05, 4.69) is 64.4 Å².